The van der Waals surface area contributed by atoms with Crippen LogP contribution in [0.3, 0.4) is 0 Å². The highest BCUT2D eigenvalue weighted by Crippen LogP contribution is 2.29. The van der Waals surface area contributed by atoms with Gasteiger partial charge in [0.2, 0.25) is 5.91 Å². The Labute approximate surface area is 128 Å². The Bertz CT molecular complexity index is 458. The van der Waals surface area contributed by atoms with E-state index in [1.54, 1.807) is 0 Å². The van der Waals surface area contributed by atoms with E-state index in [1.807, 2.05) is 11.0 Å². The van der Waals surface area contributed by atoms with Crippen LogP contribution < -0.4 is 5.73 Å². The molecule has 0 aliphatic carbocycles. The van der Waals surface area contributed by atoms with Crippen molar-refractivity contribution in [1.29, 1.82) is 0 Å². The van der Waals surface area contributed by atoms with Crippen LogP contribution in [0.5, 0.6) is 0 Å². The predicted molar refractivity (Wildman–Crippen MR) is 87.0 cm³/mol. The van der Waals surface area contributed by atoms with Gasteiger partial charge in [-0.3, -0.25) is 4.79 Å². The summed E-state index contributed by atoms with van der Waals surface area (Å²) >= 11 is 0. The lowest BCUT2D eigenvalue weighted by Crippen LogP contribution is -2.48. The molecule has 1 saturated heterocycles. The third-order valence-electron chi connectivity index (χ3n) is 4.66. The quantitative estimate of drug-likeness (QED) is 0.925. The second kappa shape index (κ2) is 7.08. The third kappa shape index (κ3) is 4.07. The number of piperidine rings is 1. The fourth-order valence-corrected chi connectivity index (χ4v) is 3.32. The van der Waals surface area contributed by atoms with Gasteiger partial charge in [0.05, 0.1) is 0 Å². The van der Waals surface area contributed by atoms with Gasteiger partial charge >= 0.3 is 0 Å². The number of benzene rings is 1. The van der Waals surface area contributed by atoms with E-state index in [0.29, 0.717) is 18.3 Å². The molecule has 3 atom stereocenters. The average molecular weight is 288 g/mol. The topological polar surface area (TPSA) is 46.3 Å². The summed E-state index contributed by atoms with van der Waals surface area (Å²) in [5.74, 6) is 1.03. The van der Waals surface area contributed by atoms with Crippen molar-refractivity contribution in [3.63, 3.8) is 0 Å². The Balaban J connectivity index is 2.05. The first-order valence-electron chi connectivity index (χ1n) is 8.09. The van der Waals surface area contributed by atoms with Gasteiger partial charge in [-0.2, -0.15) is 0 Å². The third-order valence-corrected chi connectivity index (χ3v) is 4.66. The van der Waals surface area contributed by atoms with Crippen LogP contribution >= 0.6 is 0 Å². The van der Waals surface area contributed by atoms with E-state index in [-0.39, 0.29) is 18.0 Å². The molecule has 3 unspecified atom stereocenters. The monoisotopic (exact) mass is 288 g/mol. The SMILES string of the molecule is CC(C)C(CC(=O)N1CCC(N)CC1C)c1ccccc1. The molecule has 1 aliphatic heterocycles. The minimum absolute atomic E-state index is 0.249. The first-order chi connectivity index (χ1) is 9.99. The molecule has 0 bridgehead atoms. The van der Waals surface area contributed by atoms with Gasteiger partial charge in [0, 0.05) is 25.0 Å². The molecule has 1 aromatic rings. The summed E-state index contributed by atoms with van der Waals surface area (Å²) in [6.07, 6.45) is 2.44. The maximum Gasteiger partial charge on any atom is 0.223 e. The van der Waals surface area contributed by atoms with Crippen LogP contribution in [0.2, 0.25) is 0 Å². The number of carbonyl (C=O) groups is 1. The highest BCUT2D eigenvalue weighted by molar-refractivity contribution is 5.77. The van der Waals surface area contributed by atoms with E-state index < -0.39 is 0 Å². The Hall–Kier alpha value is -1.35. The lowest BCUT2D eigenvalue weighted by Gasteiger charge is -2.37. The number of amides is 1. The minimum atomic E-state index is 0.249. The Morgan fingerprint density at radius 1 is 1.33 bits per heavy atom. The van der Waals surface area contributed by atoms with Crippen molar-refractivity contribution in [3.8, 4) is 0 Å². The number of hydrogen-bond acceptors (Lipinski definition) is 2. The summed E-state index contributed by atoms with van der Waals surface area (Å²) in [5.41, 5.74) is 7.26. The number of rotatable bonds is 4. The van der Waals surface area contributed by atoms with Crippen molar-refractivity contribution in [3.05, 3.63) is 35.9 Å². The highest BCUT2D eigenvalue weighted by atomic mass is 16.2. The molecule has 2 N–H and O–H groups in total. The number of carbonyl (C=O) groups excluding carboxylic acids is 1. The molecule has 116 valence electrons. The molecule has 1 fully saturated rings. The smallest absolute Gasteiger partial charge is 0.223 e. The number of nitrogens with zero attached hydrogens (tertiary/aromatic N) is 1. The zero-order chi connectivity index (χ0) is 15.4. The van der Waals surface area contributed by atoms with Crippen LogP contribution in [-0.4, -0.2) is 29.4 Å². The molecule has 0 aromatic heterocycles. The number of likely N-dealkylation sites (tertiary alicyclic amines) is 1. The van der Waals surface area contributed by atoms with Crippen LogP contribution in [0, 0.1) is 5.92 Å². The molecule has 1 heterocycles. The van der Waals surface area contributed by atoms with Crippen LogP contribution in [0.25, 0.3) is 0 Å². The van der Waals surface area contributed by atoms with E-state index in [0.717, 1.165) is 19.4 Å². The predicted octanol–water partition coefficient (Wildman–Crippen LogP) is 3.15. The van der Waals surface area contributed by atoms with E-state index in [2.05, 4.69) is 45.0 Å². The number of hydrogen-bond donors (Lipinski definition) is 1. The summed E-state index contributed by atoms with van der Waals surface area (Å²) in [4.78, 5) is 14.7. The Morgan fingerprint density at radius 2 is 2.00 bits per heavy atom. The molecule has 2 rings (SSSR count). The van der Waals surface area contributed by atoms with Crippen molar-refractivity contribution in [1.82, 2.24) is 4.90 Å². The standard InChI is InChI=1S/C18H28N2O/c1-13(2)17(15-7-5-4-6-8-15)12-18(21)20-10-9-16(19)11-14(20)3/h4-8,13-14,16-17H,9-12,19H2,1-3H3. The van der Waals surface area contributed by atoms with Crippen molar-refractivity contribution >= 4 is 5.91 Å². The van der Waals surface area contributed by atoms with Gasteiger partial charge < -0.3 is 10.6 Å². The summed E-state index contributed by atoms with van der Waals surface area (Å²) in [6.45, 7) is 7.31. The number of nitrogens with two attached hydrogens (primary N) is 1. The lowest BCUT2D eigenvalue weighted by atomic mass is 9.85. The van der Waals surface area contributed by atoms with Crippen LogP contribution in [-0.2, 0) is 4.79 Å². The fraction of sp³-hybridized carbons (Fsp3) is 0.611. The summed E-state index contributed by atoms with van der Waals surface area (Å²) in [6, 6.07) is 10.9. The van der Waals surface area contributed by atoms with Crippen molar-refractivity contribution in [2.45, 2.75) is 58.0 Å². The van der Waals surface area contributed by atoms with Gasteiger partial charge in [0.15, 0.2) is 0 Å². The van der Waals surface area contributed by atoms with Gasteiger partial charge in [0.1, 0.15) is 0 Å². The van der Waals surface area contributed by atoms with E-state index >= 15 is 0 Å². The second-order valence-electron chi connectivity index (χ2n) is 6.69. The molecule has 1 aromatic carbocycles. The normalized spacial score (nSPS) is 24.1. The van der Waals surface area contributed by atoms with Crippen LogP contribution in [0.4, 0.5) is 0 Å². The first-order valence-corrected chi connectivity index (χ1v) is 8.09. The van der Waals surface area contributed by atoms with E-state index in [9.17, 15) is 4.79 Å². The molecule has 0 spiro atoms. The van der Waals surface area contributed by atoms with Gasteiger partial charge in [-0.15, -0.1) is 0 Å². The molecule has 21 heavy (non-hydrogen) atoms. The largest absolute Gasteiger partial charge is 0.340 e. The molecular formula is C18H28N2O. The summed E-state index contributed by atoms with van der Waals surface area (Å²) < 4.78 is 0. The molecule has 0 saturated carbocycles. The van der Waals surface area contributed by atoms with Gasteiger partial charge in [-0.05, 0) is 37.2 Å². The Morgan fingerprint density at radius 3 is 2.57 bits per heavy atom. The zero-order valence-corrected chi connectivity index (χ0v) is 13.5. The van der Waals surface area contributed by atoms with E-state index in [4.69, 9.17) is 5.73 Å². The minimum Gasteiger partial charge on any atom is -0.340 e. The second-order valence-corrected chi connectivity index (χ2v) is 6.69. The lowest BCUT2D eigenvalue weighted by molar-refractivity contribution is -0.135. The maximum absolute atomic E-state index is 12.7. The zero-order valence-electron chi connectivity index (χ0n) is 13.5. The molecule has 3 nitrogen and oxygen atoms in total. The van der Waals surface area contributed by atoms with Gasteiger partial charge in [0.25, 0.3) is 0 Å². The summed E-state index contributed by atoms with van der Waals surface area (Å²) in [7, 11) is 0. The average Bonchev–Trinajstić information content (AvgIpc) is 2.45. The fourth-order valence-electron chi connectivity index (χ4n) is 3.32. The van der Waals surface area contributed by atoms with Crippen LogP contribution in [0.15, 0.2) is 30.3 Å². The van der Waals surface area contributed by atoms with Crippen molar-refractivity contribution in [2.75, 3.05) is 6.54 Å². The molecular weight excluding hydrogens is 260 g/mol. The highest BCUT2D eigenvalue weighted by Gasteiger charge is 2.29. The first kappa shape index (κ1) is 16.0. The molecule has 1 amide bonds. The summed E-state index contributed by atoms with van der Waals surface area (Å²) in [5, 5.41) is 0. The van der Waals surface area contributed by atoms with E-state index in [1.165, 1.54) is 5.56 Å². The molecule has 0 radical (unpaired) electrons. The van der Waals surface area contributed by atoms with Crippen molar-refractivity contribution in [2.24, 2.45) is 11.7 Å². The maximum atomic E-state index is 12.7. The molecule has 1 aliphatic rings. The molecule has 3 heteroatoms. The van der Waals surface area contributed by atoms with Gasteiger partial charge in [-0.25, -0.2) is 0 Å². The van der Waals surface area contributed by atoms with Crippen molar-refractivity contribution < 1.29 is 4.79 Å². The Kier molecular flexibility index (Phi) is 5.40. The van der Waals surface area contributed by atoms with Crippen LogP contribution in [0.1, 0.15) is 51.5 Å². The van der Waals surface area contributed by atoms with Gasteiger partial charge in [-0.1, -0.05) is 44.2 Å².